The maximum Gasteiger partial charge on any atom is 0.410 e. The number of carbonyl (C=O) groups excluding carboxylic acids is 1. The first-order chi connectivity index (χ1) is 10.7. The zero-order chi connectivity index (χ0) is 16.8. The monoisotopic (exact) mass is 380 g/mol. The van der Waals surface area contributed by atoms with Crippen molar-refractivity contribution in [3.05, 3.63) is 28.2 Å². The molecule has 0 aliphatic carbocycles. The number of nitrogens with zero attached hydrogens (tertiary/aromatic N) is 2. The van der Waals surface area contributed by atoms with E-state index in [1.165, 1.54) is 11.3 Å². The van der Waals surface area contributed by atoms with Gasteiger partial charge in [-0.05, 0) is 51.5 Å². The van der Waals surface area contributed by atoms with Crippen LogP contribution in [-0.2, 0) is 4.74 Å². The molecule has 23 heavy (non-hydrogen) atoms. The molecule has 0 spiro atoms. The summed E-state index contributed by atoms with van der Waals surface area (Å²) in [6.45, 7) is 11.6. The Morgan fingerprint density at radius 2 is 1.78 bits per heavy atom. The summed E-state index contributed by atoms with van der Waals surface area (Å²) in [6.07, 6.45) is -0.168. The molecule has 5 heteroatoms. The van der Waals surface area contributed by atoms with Gasteiger partial charge in [-0.1, -0.05) is 15.9 Å². The molecule has 1 aromatic carbocycles. The minimum atomic E-state index is -0.421. The van der Waals surface area contributed by atoms with Crippen molar-refractivity contribution in [1.82, 2.24) is 4.90 Å². The first kappa shape index (κ1) is 16.6. The topological polar surface area (TPSA) is 32.8 Å². The van der Waals surface area contributed by atoms with Crippen LogP contribution in [0.5, 0.6) is 0 Å². The Kier molecular flexibility index (Phi) is 4.34. The molecule has 1 aromatic rings. The van der Waals surface area contributed by atoms with E-state index >= 15 is 0 Å². The molecule has 2 unspecified atom stereocenters. The number of benzene rings is 1. The van der Waals surface area contributed by atoms with Gasteiger partial charge in [-0.2, -0.15) is 0 Å². The average Bonchev–Trinajstić information content (AvgIpc) is 2.94. The molecule has 0 radical (unpaired) electrons. The van der Waals surface area contributed by atoms with Crippen LogP contribution in [0.15, 0.2) is 22.7 Å². The molecule has 3 rings (SSSR count). The highest BCUT2D eigenvalue weighted by molar-refractivity contribution is 9.10. The largest absolute Gasteiger partial charge is 0.444 e. The first-order valence-corrected chi connectivity index (χ1v) is 9.01. The minimum absolute atomic E-state index is 0.168. The van der Waals surface area contributed by atoms with Gasteiger partial charge in [0.05, 0.1) is 0 Å². The van der Waals surface area contributed by atoms with E-state index in [9.17, 15) is 4.79 Å². The summed E-state index contributed by atoms with van der Waals surface area (Å²) in [4.78, 5) is 16.6. The summed E-state index contributed by atoms with van der Waals surface area (Å²) < 4.78 is 6.62. The Labute approximate surface area is 146 Å². The van der Waals surface area contributed by atoms with E-state index < -0.39 is 5.60 Å². The molecule has 2 aliphatic heterocycles. The first-order valence-electron chi connectivity index (χ1n) is 8.22. The number of anilines is 1. The number of fused-ring (bicyclic) bond motifs is 1. The molecule has 1 amide bonds. The highest BCUT2D eigenvalue weighted by Crippen LogP contribution is 2.36. The molecule has 0 aromatic heterocycles. The number of ether oxygens (including phenoxy) is 1. The summed E-state index contributed by atoms with van der Waals surface area (Å²) in [5, 5.41) is 0. The third-order valence-corrected chi connectivity index (χ3v) is 5.13. The summed E-state index contributed by atoms with van der Waals surface area (Å²) in [7, 11) is 0. The van der Waals surface area contributed by atoms with Gasteiger partial charge in [-0.15, -0.1) is 0 Å². The third-order valence-electron chi connectivity index (χ3n) is 4.64. The molecule has 2 heterocycles. The zero-order valence-corrected chi connectivity index (χ0v) is 15.9. The maximum absolute atomic E-state index is 12.2. The number of likely N-dealkylation sites (tertiary alicyclic amines) is 1. The molecule has 126 valence electrons. The molecule has 4 nitrogen and oxygen atoms in total. The molecule has 0 bridgehead atoms. The Balaban J connectivity index is 1.62. The second-order valence-electron chi connectivity index (χ2n) is 7.74. The fourth-order valence-electron chi connectivity index (χ4n) is 3.64. The standard InChI is InChI=1S/C18H25BrN2O2/c1-12-7-15(19)5-6-16(12)20-8-13-10-21(11-14(13)9-20)17(22)23-18(2,3)4/h5-7,13-14H,8-11H2,1-4H3. The lowest BCUT2D eigenvalue weighted by Gasteiger charge is -2.27. The lowest BCUT2D eigenvalue weighted by atomic mass is 10.0. The van der Waals surface area contributed by atoms with Crippen LogP contribution < -0.4 is 4.90 Å². The lowest BCUT2D eigenvalue weighted by molar-refractivity contribution is 0.0282. The molecule has 0 N–H and O–H groups in total. The summed E-state index contributed by atoms with van der Waals surface area (Å²) in [6, 6.07) is 6.45. The Hall–Kier alpha value is -1.23. The Morgan fingerprint density at radius 3 is 2.30 bits per heavy atom. The Morgan fingerprint density at radius 1 is 1.17 bits per heavy atom. The predicted octanol–water partition coefficient (Wildman–Crippen LogP) is 4.06. The zero-order valence-electron chi connectivity index (χ0n) is 14.3. The number of hydrogen-bond donors (Lipinski definition) is 0. The van der Waals surface area contributed by atoms with Gasteiger partial charge in [0.15, 0.2) is 0 Å². The van der Waals surface area contributed by atoms with Crippen molar-refractivity contribution in [2.75, 3.05) is 31.1 Å². The fourth-order valence-corrected chi connectivity index (χ4v) is 4.11. The summed E-state index contributed by atoms with van der Waals surface area (Å²) >= 11 is 3.52. The van der Waals surface area contributed by atoms with Crippen LogP contribution >= 0.6 is 15.9 Å². The van der Waals surface area contributed by atoms with E-state index in [0.29, 0.717) is 11.8 Å². The van der Waals surface area contributed by atoms with Crippen molar-refractivity contribution in [1.29, 1.82) is 0 Å². The van der Waals surface area contributed by atoms with Crippen molar-refractivity contribution in [2.24, 2.45) is 11.8 Å². The molecule has 2 saturated heterocycles. The van der Waals surface area contributed by atoms with Gasteiger partial charge in [0, 0.05) is 48.2 Å². The van der Waals surface area contributed by atoms with E-state index in [1.54, 1.807) is 0 Å². The van der Waals surface area contributed by atoms with Crippen molar-refractivity contribution in [3.8, 4) is 0 Å². The molecular formula is C18H25BrN2O2. The Bertz CT molecular complexity index is 598. The second-order valence-corrected chi connectivity index (χ2v) is 8.66. The van der Waals surface area contributed by atoms with Crippen molar-refractivity contribution < 1.29 is 9.53 Å². The van der Waals surface area contributed by atoms with Gasteiger partial charge < -0.3 is 14.5 Å². The molecule has 2 fully saturated rings. The molecular weight excluding hydrogens is 356 g/mol. The van der Waals surface area contributed by atoms with Crippen LogP contribution in [-0.4, -0.2) is 42.8 Å². The molecule has 2 atom stereocenters. The van der Waals surface area contributed by atoms with E-state index in [1.807, 2.05) is 25.7 Å². The van der Waals surface area contributed by atoms with Crippen molar-refractivity contribution in [3.63, 3.8) is 0 Å². The smallest absolute Gasteiger partial charge is 0.410 e. The van der Waals surface area contributed by atoms with Crippen LogP contribution in [0.25, 0.3) is 0 Å². The van der Waals surface area contributed by atoms with Gasteiger partial charge in [0.1, 0.15) is 5.60 Å². The lowest BCUT2D eigenvalue weighted by Crippen LogP contribution is -2.37. The van der Waals surface area contributed by atoms with Gasteiger partial charge in [-0.25, -0.2) is 4.79 Å². The quantitative estimate of drug-likeness (QED) is 0.736. The van der Waals surface area contributed by atoms with Crippen LogP contribution in [0.3, 0.4) is 0 Å². The summed E-state index contributed by atoms with van der Waals surface area (Å²) in [5.41, 5.74) is 2.18. The predicted molar refractivity (Wildman–Crippen MR) is 95.9 cm³/mol. The van der Waals surface area contributed by atoms with Crippen LogP contribution in [0.4, 0.5) is 10.5 Å². The number of rotatable bonds is 1. The SMILES string of the molecule is Cc1cc(Br)ccc1N1CC2CN(C(=O)OC(C)(C)C)CC2C1. The van der Waals surface area contributed by atoms with E-state index in [2.05, 4.69) is 46.0 Å². The number of aryl methyl sites for hydroxylation is 1. The second kappa shape index (κ2) is 6.00. The van der Waals surface area contributed by atoms with Gasteiger partial charge >= 0.3 is 6.09 Å². The van der Waals surface area contributed by atoms with Crippen LogP contribution in [0.1, 0.15) is 26.3 Å². The average molecular weight is 381 g/mol. The molecule has 2 aliphatic rings. The number of amides is 1. The van der Waals surface area contributed by atoms with E-state index in [4.69, 9.17) is 4.74 Å². The van der Waals surface area contributed by atoms with Gasteiger partial charge in [0.25, 0.3) is 0 Å². The third kappa shape index (κ3) is 3.65. The highest BCUT2D eigenvalue weighted by Gasteiger charge is 2.42. The minimum Gasteiger partial charge on any atom is -0.444 e. The van der Waals surface area contributed by atoms with Crippen LogP contribution in [0, 0.1) is 18.8 Å². The van der Waals surface area contributed by atoms with Gasteiger partial charge in [0.2, 0.25) is 0 Å². The van der Waals surface area contributed by atoms with E-state index in [0.717, 1.165) is 30.7 Å². The van der Waals surface area contributed by atoms with Crippen LogP contribution in [0.2, 0.25) is 0 Å². The van der Waals surface area contributed by atoms with E-state index in [-0.39, 0.29) is 6.09 Å². The molecule has 0 saturated carbocycles. The maximum atomic E-state index is 12.2. The summed E-state index contributed by atoms with van der Waals surface area (Å²) in [5.74, 6) is 1.09. The number of hydrogen-bond acceptors (Lipinski definition) is 3. The number of halogens is 1. The van der Waals surface area contributed by atoms with Gasteiger partial charge in [-0.3, -0.25) is 0 Å². The number of carbonyl (C=O) groups is 1. The highest BCUT2D eigenvalue weighted by atomic mass is 79.9. The fraction of sp³-hybridized carbons (Fsp3) is 0.611. The normalized spacial score (nSPS) is 24.0. The van der Waals surface area contributed by atoms with Crippen molar-refractivity contribution >= 4 is 27.7 Å². The van der Waals surface area contributed by atoms with Crippen molar-refractivity contribution in [2.45, 2.75) is 33.3 Å².